The van der Waals surface area contributed by atoms with Crippen molar-refractivity contribution in [3.8, 4) is 0 Å². The fourth-order valence-corrected chi connectivity index (χ4v) is 2.45. The molecule has 0 amide bonds. The van der Waals surface area contributed by atoms with E-state index in [1.54, 1.807) is 0 Å². The lowest BCUT2D eigenvalue weighted by atomic mass is 10.1. The number of nitrogens with one attached hydrogen (secondary N) is 1. The minimum Gasteiger partial charge on any atom is -0.384 e. The molecule has 2 rings (SSSR count). The largest absolute Gasteiger partial charge is 0.384 e. The highest BCUT2D eigenvalue weighted by atomic mass is 15.2. The molecule has 0 unspecified atom stereocenters. The van der Waals surface area contributed by atoms with Crippen LogP contribution in [0.25, 0.3) is 0 Å². The second kappa shape index (κ2) is 5.85. The molecule has 1 aliphatic rings. The lowest BCUT2D eigenvalue weighted by molar-refractivity contribution is 0.553. The number of nitrogens with zero attached hydrogens (tertiary/aromatic N) is 2. The zero-order valence-corrected chi connectivity index (χ0v) is 11.1. The highest BCUT2D eigenvalue weighted by Crippen LogP contribution is 2.19. The van der Waals surface area contributed by atoms with Gasteiger partial charge in [0, 0.05) is 24.3 Å². The second-order valence-electron chi connectivity index (χ2n) is 5.02. The summed E-state index contributed by atoms with van der Waals surface area (Å²) in [5.74, 6) is 1.09. The van der Waals surface area contributed by atoms with Gasteiger partial charge in [-0.2, -0.15) is 0 Å². The number of pyridine rings is 1. The third kappa shape index (κ3) is 3.22. The Kier molecular flexibility index (Phi) is 4.18. The SMILES string of the molecule is Cc1cc(C(=N)N)cc(N2CCCCCCC2)n1. The van der Waals surface area contributed by atoms with Crippen LogP contribution in [0.4, 0.5) is 5.82 Å². The average Bonchev–Trinajstić information content (AvgIpc) is 2.27. The summed E-state index contributed by atoms with van der Waals surface area (Å²) in [5.41, 5.74) is 7.28. The van der Waals surface area contributed by atoms with Crippen molar-refractivity contribution in [3.05, 3.63) is 23.4 Å². The summed E-state index contributed by atoms with van der Waals surface area (Å²) in [4.78, 5) is 6.92. The van der Waals surface area contributed by atoms with Gasteiger partial charge < -0.3 is 10.6 Å². The molecule has 0 spiro atoms. The van der Waals surface area contributed by atoms with E-state index in [1.807, 2.05) is 19.1 Å². The van der Waals surface area contributed by atoms with E-state index in [9.17, 15) is 0 Å². The average molecular weight is 246 g/mol. The van der Waals surface area contributed by atoms with Crippen LogP contribution in [0.3, 0.4) is 0 Å². The maximum Gasteiger partial charge on any atom is 0.129 e. The topological polar surface area (TPSA) is 66.0 Å². The molecule has 0 saturated carbocycles. The number of amidine groups is 1. The molecule has 1 aromatic rings. The number of anilines is 1. The molecule has 98 valence electrons. The minimum absolute atomic E-state index is 0.119. The summed E-state index contributed by atoms with van der Waals surface area (Å²) in [5, 5.41) is 7.55. The van der Waals surface area contributed by atoms with Crippen molar-refractivity contribution in [2.24, 2.45) is 5.73 Å². The van der Waals surface area contributed by atoms with Gasteiger partial charge in [0.25, 0.3) is 0 Å². The standard InChI is InChI=1S/C14H22N4/c1-11-9-12(14(15)16)10-13(17-11)18-7-5-3-2-4-6-8-18/h9-10H,2-8H2,1H3,(H3,15,16). The van der Waals surface area contributed by atoms with E-state index >= 15 is 0 Å². The first-order valence-corrected chi connectivity index (χ1v) is 6.75. The van der Waals surface area contributed by atoms with Gasteiger partial charge in [0.05, 0.1) is 0 Å². The molecule has 4 heteroatoms. The normalized spacial score (nSPS) is 17.1. The fourth-order valence-electron chi connectivity index (χ4n) is 2.45. The molecule has 4 nitrogen and oxygen atoms in total. The lowest BCUT2D eigenvalue weighted by Gasteiger charge is -2.26. The monoisotopic (exact) mass is 246 g/mol. The zero-order chi connectivity index (χ0) is 13.0. The fraction of sp³-hybridized carbons (Fsp3) is 0.571. The third-order valence-corrected chi connectivity index (χ3v) is 3.43. The summed E-state index contributed by atoms with van der Waals surface area (Å²) in [7, 11) is 0. The van der Waals surface area contributed by atoms with Crippen LogP contribution in [0.2, 0.25) is 0 Å². The Morgan fingerprint density at radius 2 is 1.78 bits per heavy atom. The first-order chi connectivity index (χ1) is 8.66. The summed E-state index contributed by atoms with van der Waals surface area (Å²) in [6.07, 6.45) is 6.42. The number of hydrogen-bond donors (Lipinski definition) is 2. The first-order valence-electron chi connectivity index (χ1n) is 6.75. The van der Waals surface area contributed by atoms with E-state index in [2.05, 4.69) is 9.88 Å². The molecule has 1 fully saturated rings. The maximum atomic E-state index is 7.55. The molecule has 0 atom stereocenters. The maximum absolute atomic E-state index is 7.55. The van der Waals surface area contributed by atoms with Gasteiger partial charge in [-0.3, -0.25) is 5.41 Å². The van der Waals surface area contributed by atoms with E-state index in [-0.39, 0.29) is 5.84 Å². The Morgan fingerprint density at radius 3 is 2.39 bits per heavy atom. The van der Waals surface area contributed by atoms with Crippen LogP contribution < -0.4 is 10.6 Å². The van der Waals surface area contributed by atoms with Gasteiger partial charge in [0.2, 0.25) is 0 Å². The Bertz CT molecular complexity index is 420. The minimum atomic E-state index is 0.119. The quantitative estimate of drug-likeness (QED) is 0.622. The van der Waals surface area contributed by atoms with Gasteiger partial charge >= 0.3 is 0 Å². The Morgan fingerprint density at radius 1 is 1.17 bits per heavy atom. The Balaban J connectivity index is 2.22. The first kappa shape index (κ1) is 12.9. The van der Waals surface area contributed by atoms with E-state index in [4.69, 9.17) is 11.1 Å². The molecule has 0 radical (unpaired) electrons. The lowest BCUT2D eigenvalue weighted by Crippen LogP contribution is -2.28. The number of hydrogen-bond acceptors (Lipinski definition) is 3. The molecular weight excluding hydrogens is 224 g/mol. The summed E-state index contributed by atoms with van der Waals surface area (Å²) in [6, 6.07) is 3.81. The molecule has 18 heavy (non-hydrogen) atoms. The van der Waals surface area contributed by atoms with E-state index in [0.717, 1.165) is 30.2 Å². The number of nitrogen functional groups attached to an aromatic ring is 1. The van der Waals surface area contributed by atoms with Crippen molar-refractivity contribution < 1.29 is 0 Å². The number of nitrogens with two attached hydrogens (primary N) is 1. The third-order valence-electron chi connectivity index (χ3n) is 3.43. The van der Waals surface area contributed by atoms with E-state index in [0.29, 0.717) is 0 Å². The predicted molar refractivity (Wildman–Crippen MR) is 75.3 cm³/mol. The van der Waals surface area contributed by atoms with Gasteiger partial charge in [-0.15, -0.1) is 0 Å². The molecule has 0 aromatic carbocycles. The van der Waals surface area contributed by atoms with Gasteiger partial charge in [0.1, 0.15) is 11.7 Å². The van der Waals surface area contributed by atoms with Gasteiger partial charge in [-0.05, 0) is 31.9 Å². The van der Waals surface area contributed by atoms with Gasteiger partial charge in [-0.25, -0.2) is 4.98 Å². The Labute approximate surface area is 109 Å². The van der Waals surface area contributed by atoms with Crippen LogP contribution in [0.5, 0.6) is 0 Å². The van der Waals surface area contributed by atoms with Crippen LogP contribution in [-0.2, 0) is 0 Å². The van der Waals surface area contributed by atoms with Crippen LogP contribution in [0.1, 0.15) is 43.4 Å². The molecule has 0 bridgehead atoms. The van der Waals surface area contributed by atoms with Crippen molar-refractivity contribution in [1.29, 1.82) is 5.41 Å². The highest BCUT2D eigenvalue weighted by molar-refractivity contribution is 5.95. The molecular formula is C14H22N4. The molecule has 0 aliphatic carbocycles. The van der Waals surface area contributed by atoms with Crippen molar-refractivity contribution >= 4 is 11.7 Å². The number of aromatic nitrogens is 1. The summed E-state index contributed by atoms with van der Waals surface area (Å²) < 4.78 is 0. The van der Waals surface area contributed by atoms with Crippen molar-refractivity contribution in [2.75, 3.05) is 18.0 Å². The van der Waals surface area contributed by atoms with E-state index < -0.39 is 0 Å². The molecule has 1 aliphatic heterocycles. The summed E-state index contributed by atoms with van der Waals surface area (Å²) >= 11 is 0. The van der Waals surface area contributed by atoms with Crippen LogP contribution in [0.15, 0.2) is 12.1 Å². The number of rotatable bonds is 2. The molecule has 1 saturated heterocycles. The summed E-state index contributed by atoms with van der Waals surface area (Å²) in [6.45, 7) is 4.08. The van der Waals surface area contributed by atoms with Crippen LogP contribution in [-0.4, -0.2) is 23.9 Å². The zero-order valence-electron chi connectivity index (χ0n) is 11.1. The van der Waals surface area contributed by atoms with Crippen LogP contribution >= 0.6 is 0 Å². The van der Waals surface area contributed by atoms with Crippen molar-refractivity contribution in [1.82, 2.24) is 4.98 Å². The van der Waals surface area contributed by atoms with E-state index in [1.165, 1.54) is 32.1 Å². The second-order valence-corrected chi connectivity index (χ2v) is 5.02. The van der Waals surface area contributed by atoms with Crippen LogP contribution in [0, 0.1) is 12.3 Å². The predicted octanol–water partition coefficient (Wildman–Crippen LogP) is 2.44. The Hall–Kier alpha value is -1.58. The molecule has 3 N–H and O–H groups in total. The van der Waals surface area contributed by atoms with Gasteiger partial charge in [0.15, 0.2) is 0 Å². The molecule has 2 heterocycles. The highest BCUT2D eigenvalue weighted by Gasteiger charge is 2.12. The van der Waals surface area contributed by atoms with Crippen molar-refractivity contribution in [2.45, 2.75) is 39.0 Å². The smallest absolute Gasteiger partial charge is 0.129 e. The number of aryl methyl sites for hydroxylation is 1. The van der Waals surface area contributed by atoms with Crippen molar-refractivity contribution in [3.63, 3.8) is 0 Å². The van der Waals surface area contributed by atoms with Gasteiger partial charge in [-0.1, -0.05) is 19.3 Å². The molecule has 1 aromatic heterocycles.